The lowest BCUT2D eigenvalue weighted by molar-refractivity contribution is -0.138. The van der Waals surface area contributed by atoms with Crippen LogP contribution < -0.4 is 0 Å². The molecule has 16 heavy (non-hydrogen) atoms. The fourth-order valence-electron chi connectivity index (χ4n) is 1.55. The number of halogens is 3. The highest BCUT2D eigenvalue weighted by atomic mass is 32.1. The summed E-state index contributed by atoms with van der Waals surface area (Å²) in [5, 5.41) is 1.87. The molecule has 1 heterocycles. The third-order valence-electron chi connectivity index (χ3n) is 2.27. The molecule has 0 unspecified atom stereocenters. The van der Waals surface area contributed by atoms with Gasteiger partial charge in [-0.15, -0.1) is 11.3 Å². The SMILES string of the molecule is FC(F)(F)c1ccccc1Cc1cccs1. The summed E-state index contributed by atoms with van der Waals surface area (Å²) in [7, 11) is 0. The van der Waals surface area contributed by atoms with Crippen LogP contribution in [0.15, 0.2) is 41.8 Å². The van der Waals surface area contributed by atoms with Crippen molar-refractivity contribution in [3.8, 4) is 0 Å². The molecule has 4 heteroatoms. The Balaban J connectivity index is 2.34. The van der Waals surface area contributed by atoms with Crippen molar-refractivity contribution in [3.63, 3.8) is 0 Å². The van der Waals surface area contributed by atoms with Crippen LogP contribution in [0.25, 0.3) is 0 Å². The van der Waals surface area contributed by atoms with Crippen LogP contribution in [-0.2, 0) is 12.6 Å². The van der Waals surface area contributed by atoms with Gasteiger partial charge in [-0.1, -0.05) is 24.3 Å². The van der Waals surface area contributed by atoms with E-state index in [1.54, 1.807) is 6.07 Å². The molecule has 0 bridgehead atoms. The van der Waals surface area contributed by atoms with E-state index in [0.717, 1.165) is 10.9 Å². The van der Waals surface area contributed by atoms with E-state index in [9.17, 15) is 13.2 Å². The minimum Gasteiger partial charge on any atom is -0.166 e. The molecule has 0 fully saturated rings. The number of thiophene rings is 1. The van der Waals surface area contributed by atoms with Gasteiger partial charge in [0.25, 0.3) is 0 Å². The lowest BCUT2D eigenvalue weighted by Crippen LogP contribution is -2.08. The van der Waals surface area contributed by atoms with E-state index in [2.05, 4.69) is 0 Å². The van der Waals surface area contributed by atoms with Crippen molar-refractivity contribution in [2.45, 2.75) is 12.6 Å². The van der Waals surface area contributed by atoms with Crippen LogP contribution in [0.1, 0.15) is 16.0 Å². The van der Waals surface area contributed by atoms with Gasteiger partial charge in [0.2, 0.25) is 0 Å². The third-order valence-corrected chi connectivity index (χ3v) is 3.14. The van der Waals surface area contributed by atoms with Gasteiger partial charge in [-0.25, -0.2) is 0 Å². The van der Waals surface area contributed by atoms with Crippen molar-refractivity contribution in [2.75, 3.05) is 0 Å². The Morgan fingerprint density at radius 3 is 2.38 bits per heavy atom. The molecule has 0 N–H and O–H groups in total. The Kier molecular flexibility index (Phi) is 3.01. The third kappa shape index (κ3) is 2.44. The van der Waals surface area contributed by atoms with Gasteiger partial charge in [-0.2, -0.15) is 13.2 Å². The number of hydrogen-bond acceptors (Lipinski definition) is 1. The lowest BCUT2D eigenvalue weighted by atomic mass is 10.0. The van der Waals surface area contributed by atoms with Crippen LogP contribution in [0, 0.1) is 0 Å². The molecule has 84 valence electrons. The predicted octanol–water partition coefficient (Wildman–Crippen LogP) is 4.36. The second-order valence-corrected chi connectivity index (χ2v) is 4.44. The Morgan fingerprint density at radius 2 is 1.75 bits per heavy atom. The van der Waals surface area contributed by atoms with Crippen molar-refractivity contribution in [1.82, 2.24) is 0 Å². The Morgan fingerprint density at radius 1 is 1.00 bits per heavy atom. The highest BCUT2D eigenvalue weighted by Gasteiger charge is 2.32. The molecule has 2 aromatic rings. The smallest absolute Gasteiger partial charge is 0.166 e. The Labute approximate surface area is 95.4 Å². The van der Waals surface area contributed by atoms with Crippen molar-refractivity contribution in [1.29, 1.82) is 0 Å². The van der Waals surface area contributed by atoms with Gasteiger partial charge in [0.05, 0.1) is 5.56 Å². The Bertz CT molecular complexity index is 457. The molecule has 0 saturated carbocycles. The molecule has 2 rings (SSSR count). The maximum Gasteiger partial charge on any atom is 0.416 e. The van der Waals surface area contributed by atoms with Gasteiger partial charge >= 0.3 is 6.18 Å². The second-order valence-electron chi connectivity index (χ2n) is 3.41. The van der Waals surface area contributed by atoms with E-state index in [1.165, 1.54) is 23.5 Å². The normalized spacial score (nSPS) is 11.7. The minimum absolute atomic E-state index is 0.331. The largest absolute Gasteiger partial charge is 0.416 e. The first kappa shape index (κ1) is 11.2. The summed E-state index contributed by atoms with van der Waals surface area (Å²) in [5.74, 6) is 0. The van der Waals surface area contributed by atoms with E-state index in [0.29, 0.717) is 12.0 Å². The van der Waals surface area contributed by atoms with Gasteiger partial charge in [0.15, 0.2) is 0 Å². The van der Waals surface area contributed by atoms with Crippen molar-refractivity contribution < 1.29 is 13.2 Å². The molecule has 0 spiro atoms. The zero-order valence-corrected chi connectivity index (χ0v) is 9.11. The first-order chi connectivity index (χ1) is 7.57. The van der Waals surface area contributed by atoms with Gasteiger partial charge in [-0.3, -0.25) is 0 Å². The topological polar surface area (TPSA) is 0 Å². The molecule has 0 nitrogen and oxygen atoms in total. The summed E-state index contributed by atoms with van der Waals surface area (Å²) < 4.78 is 38.0. The molecule has 0 radical (unpaired) electrons. The number of hydrogen-bond donors (Lipinski definition) is 0. The van der Waals surface area contributed by atoms with Gasteiger partial charge in [-0.05, 0) is 23.1 Å². The zero-order chi connectivity index (χ0) is 11.6. The second kappa shape index (κ2) is 4.29. The van der Waals surface area contributed by atoms with Crippen LogP contribution in [0.5, 0.6) is 0 Å². The summed E-state index contributed by atoms with van der Waals surface area (Å²) in [6.45, 7) is 0. The van der Waals surface area contributed by atoms with Crippen LogP contribution in [0.4, 0.5) is 13.2 Å². The highest BCUT2D eigenvalue weighted by Crippen LogP contribution is 2.33. The summed E-state index contributed by atoms with van der Waals surface area (Å²) in [6.07, 6.45) is -3.93. The average molecular weight is 242 g/mol. The average Bonchev–Trinajstić information content (AvgIpc) is 2.70. The fourth-order valence-corrected chi connectivity index (χ4v) is 2.28. The first-order valence-corrected chi connectivity index (χ1v) is 5.63. The number of benzene rings is 1. The molecular weight excluding hydrogens is 233 g/mol. The van der Waals surface area contributed by atoms with E-state index in [4.69, 9.17) is 0 Å². The maximum atomic E-state index is 12.7. The predicted molar refractivity (Wildman–Crippen MR) is 58.6 cm³/mol. The number of alkyl halides is 3. The van der Waals surface area contributed by atoms with Crippen LogP contribution in [0.3, 0.4) is 0 Å². The molecule has 0 atom stereocenters. The molecule has 0 aliphatic carbocycles. The first-order valence-electron chi connectivity index (χ1n) is 4.75. The summed E-state index contributed by atoms with van der Waals surface area (Å²) in [6, 6.07) is 9.40. The Hall–Kier alpha value is -1.29. The van der Waals surface area contributed by atoms with E-state index in [-0.39, 0.29) is 0 Å². The van der Waals surface area contributed by atoms with E-state index < -0.39 is 11.7 Å². The van der Waals surface area contributed by atoms with Crippen LogP contribution in [0.2, 0.25) is 0 Å². The molecular formula is C12H9F3S. The molecule has 1 aromatic carbocycles. The molecule has 0 aliphatic rings. The van der Waals surface area contributed by atoms with E-state index in [1.807, 2.05) is 17.5 Å². The van der Waals surface area contributed by atoms with Gasteiger partial charge in [0, 0.05) is 11.3 Å². The van der Waals surface area contributed by atoms with Crippen LogP contribution >= 0.6 is 11.3 Å². The quantitative estimate of drug-likeness (QED) is 0.734. The fraction of sp³-hybridized carbons (Fsp3) is 0.167. The number of rotatable bonds is 2. The molecule has 1 aromatic heterocycles. The monoisotopic (exact) mass is 242 g/mol. The summed E-state index contributed by atoms with van der Waals surface area (Å²) in [5.41, 5.74) is -0.208. The van der Waals surface area contributed by atoms with Gasteiger partial charge < -0.3 is 0 Å². The molecule has 0 amide bonds. The van der Waals surface area contributed by atoms with Crippen molar-refractivity contribution in [2.24, 2.45) is 0 Å². The molecule has 0 saturated heterocycles. The van der Waals surface area contributed by atoms with Crippen molar-refractivity contribution >= 4 is 11.3 Å². The van der Waals surface area contributed by atoms with Crippen molar-refractivity contribution in [3.05, 3.63) is 57.8 Å². The summed E-state index contributed by atoms with van der Waals surface area (Å²) >= 11 is 1.47. The lowest BCUT2D eigenvalue weighted by Gasteiger charge is -2.11. The summed E-state index contributed by atoms with van der Waals surface area (Å²) in [4.78, 5) is 0.941. The zero-order valence-electron chi connectivity index (χ0n) is 8.29. The van der Waals surface area contributed by atoms with E-state index >= 15 is 0 Å². The minimum atomic E-state index is -4.27. The van der Waals surface area contributed by atoms with Crippen LogP contribution in [-0.4, -0.2) is 0 Å². The molecule has 0 aliphatic heterocycles. The standard InChI is InChI=1S/C12H9F3S/c13-12(14,15)11-6-2-1-4-9(11)8-10-5-3-7-16-10/h1-7H,8H2. The maximum absolute atomic E-state index is 12.7. The van der Waals surface area contributed by atoms with Gasteiger partial charge in [0.1, 0.15) is 0 Å². The highest BCUT2D eigenvalue weighted by molar-refractivity contribution is 7.09.